The van der Waals surface area contributed by atoms with Gasteiger partial charge < -0.3 is 21.1 Å². The first-order chi connectivity index (χ1) is 7.47. The Morgan fingerprint density at radius 3 is 2.50 bits per heavy atom. The highest BCUT2D eigenvalue weighted by Gasteiger charge is 2.20. The molecule has 1 aromatic carbocycles. The lowest BCUT2D eigenvalue weighted by molar-refractivity contribution is -0.383. The predicted octanol–water partition coefficient (Wildman–Crippen LogP) is -0.436. The summed E-state index contributed by atoms with van der Waals surface area (Å²) in [6.07, 6.45) is -2.67. The van der Waals surface area contributed by atoms with Crippen LogP contribution in [0.4, 0.5) is 11.4 Å². The number of rotatable bonds is 4. The van der Waals surface area contributed by atoms with Gasteiger partial charge in [0.05, 0.1) is 11.5 Å². The molecule has 0 saturated carbocycles. The van der Waals surface area contributed by atoms with Crippen LogP contribution in [-0.4, -0.2) is 33.0 Å². The number of anilines is 1. The van der Waals surface area contributed by atoms with Crippen LogP contribution in [0.25, 0.3) is 0 Å². The largest absolute Gasteiger partial charge is 0.394 e. The number of hydrogen-bond donors (Lipinski definition) is 4. The van der Waals surface area contributed by atoms with Crippen LogP contribution in [0.15, 0.2) is 18.2 Å². The Kier molecular flexibility index (Phi) is 3.78. The SMILES string of the molecule is Nc1cc(C(O)C(O)CO)ccc1[N+](=O)[O-]. The standard InChI is InChI=1S/C9H12N2O5/c10-6-3-5(9(14)8(13)4-12)1-2-7(6)11(15)16/h1-3,8-9,12-14H,4,10H2. The highest BCUT2D eigenvalue weighted by atomic mass is 16.6. The minimum absolute atomic E-state index is 0.105. The highest BCUT2D eigenvalue weighted by Crippen LogP contribution is 2.26. The van der Waals surface area contributed by atoms with E-state index in [-0.39, 0.29) is 16.9 Å². The molecule has 1 rings (SSSR count). The number of aliphatic hydroxyl groups excluding tert-OH is 3. The molecule has 2 unspecified atom stereocenters. The van der Waals surface area contributed by atoms with Gasteiger partial charge in [-0.2, -0.15) is 0 Å². The van der Waals surface area contributed by atoms with Gasteiger partial charge in [-0.15, -0.1) is 0 Å². The topological polar surface area (TPSA) is 130 Å². The van der Waals surface area contributed by atoms with Crippen LogP contribution >= 0.6 is 0 Å². The van der Waals surface area contributed by atoms with Crippen molar-refractivity contribution < 1.29 is 20.2 Å². The molecule has 0 amide bonds. The molecule has 0 aliphatic carbocycles. The Bertz CT molecular complexity index is 395. The van der Waals surface area contributed by atoms with Gasteiger partial charge in [-0.05, 0) is 17.7 Å². The summed E-state index contributed by atoms with van der Waals surface area (Å²) in [6, 6.07) is 3.61. The van der Waals surface area contributed by atoms with Gasteiger partial charge in [-0.1, -0.05) is 0 Å². The Balaban J connectivity index is 3.01. The first-order valence-electron chi connectivity index (χ1n) is 4.48. The molecule has 0 spiro atoms. The van der Waals surface area contributed by atoms with Crippen molar-refractivity contribution in [2.45, 2.75) is 12.2 Å². The first kappa shape index (κ1) is 12.4. The molecule has 0 aromatic heterocycles. The van der Waals surface area contributed by atoms with Crippen LogP contribution in [0.3, 0.4) is 0 Å². The van der Waals surface area contributed by atoms with Crippen molar-refractivity contribution in [3.8, 4) is 0 Å². The van der Waals surface area contributed by atoms with E-state index < -0.39 is 23.7 Å². The highest BCUT2D eigenvalue weighted by molar-refractivity contribution is 5.59. The van der Waals surface area contributed by atoms with Gasteiger partial charge in [0.1, 0.15) is 17.9 Å². The third kappa shape index (κ3) is 2.45. The quantitative estimate of drug-likeness (QED) is 0.314. The maximum absolute atomic E-state index is 10.5. The molecule has 0 radical (unpaired) electrons. The monoisotopic (exact) mass is 228 g/mol. The van der Waals surface area contributed by atoms with E-state index in [0.717, 1.165) is 6.07 Å². The summed E-state index contributed by atoms with van der Waals surface area (Å²) in [5.41, 5.74) is 5.24. The molecule has 7 nitrogen and oxygen atoms in total. The number of nitrogens with zero attached hydrogens (tertiary/aromatic N) is 1. The number of nitro groups is 1. The summed E-state index contributed by atoms with van der Waals surface area (Å²) < 4.78 is 0. The molecule has 0 fully saturated rings. The summed E-state index contributed by atoms with van der Waals surface area (Å²) in [7, 11) is 0. The maximum atomic E-state index is 10.5. The van der Waals surface area contributed by atoms with Gasteiger partial charge in [-0.25, -0.2) is 0 Å². The fourth-order valence-electron chi connectivity index (χ4n) is 1.25. The molecule has 0 aliphatic rings. The van der Waals surface area contributed by atoms with E-state index in [0.29, 0.717) is 0 Å². The zero-order chi connectivity index (χ0) is 12.3. The van der Waals surface area contributed by atoms with Gasteiger partial charge in [0.15, 0.2) is 0 Å². The second-order valence-corrected chi connectivity index (χ2v) is 3.27. The fraction of sp³-hybridized carbons (Fsp3) is 0.333. The van der Waals surface area contributed by atoms with E-state index in [1.165, 1.54) is 12.1 Å². The lowest BCUT2D eigenvalue weighted by Gasteiger charge is -2.15. The molecule has 0 heterocycles. The van der Waals surface area contributed by atoms with Crippen molar-refractivity contribution >= 4 is 11.4 Å². The van der Waals surface area contributed by atoms with E-state index in [2.05, 4.69) is 0 Å². The number of nitrogen functional groups attached to an aromatic ring is 1. The predicted molar refractivity (Wildman–Crippen MR) is 55.6 cm³/mol. The van der Waals surface area contributed by atoms with Crippen LogP contribution in [0.2, 0.25) is 0 Å². The number of nitrogens with two attached hydrogens (primary N) is 1. The van der Waals surface area contributed by atoms with Crippen molar-refractivity contribution in [2.75, 3.05) is 12.3 Å². The second kappa shape index (κ2) is 4.88. The zero-order valence-electron chi connectivity index (χ0n) is 8.28. The van der Waals surface area contributed by atoms with Crippen LogP contribution < -0.4 is 5.73 Å². The molecular formula is C9H12N2O5. The van der Waals surface area contributed by atoms with Gasteiger partial charge in [-0.3, -0.25) is 10.1 Å². The second-order valence-electron chi connectivity index (χ2n) is 3.27. The number of benzene rings is 1. The molecule has 0 saturated heterocycles. The molecular weight excluding hydrogens is 216 g/mol. The Hall–Kier alpha value is -1.70. The van der Waals surface area contributed by atoms with Crippen LogP contribution in [0, 0.1) is 10.1 Å². The molecule has 2 atom stereocenters. The summed E-state index contributed by atoms with van der Waals surface area (Å²) in [4.78, 5) is 9.82. The van der Waals surface area contributed by atoms with Crippen molar-refractivity contribution in [1.29, 1.82) is 0 Å². The lowest BCUT2D eigenvalue weighted by atomic mass is 10.0. The molecule has 5 N–H and O–H groups in total. The summed E-state index contributed by atoms with van der Waals surface area (Å²) >= 11 is 0. The average Bonchev–Trinajstić information content (AvgIpc) is 2.26. The van der Waals surface area contributed by atoms with Crippen LogP contribution in [0.1, 0.15) is 11.7 Å². The summed E-state index contributed by atoms with van der Waals surface area (Å²) in [6.45, 7) is -0.613. The van der Waals surface area contributed by atoms with Gasteiger partial charge in [0.2, 0.25) is 0 Å². The van der Waals surface area contributed by atoms with Crippen LogP contribution in [-0.2, 0) is 0 Å². The van der Waals surface area contributed by atoms with Crippen molar-refractivity contribution in [1.82, 2.24) is 0 Å². The zero-order valence-corrected chi connectivity index (χ0v) is 8.28. The first-order valence-corrected chi connectivity index (χ1v) is 4.48. The Morgan fingerprint density at radius 2 is 2.06 bits per heavy atom. The van der Waals surface area contributed by atoms with Gasteiger partial charge in [0.25, 0.3) is 5.69 Å². The molecule has 88 valence electrons. The van der Waals surface area contributed by atoms with Crippen molar-refractivity contribution in [3.05, 3.63) is 33.9 Å². The number of hydrogen-bond acceptors (Lipinski definition) is 6. The summed E-state index contributed by atoms with van der Waals surface area (Å²) in [5.74, 6) is 0. The Morgan fingerprint density at radius 1 is 1.44 bits per heavy atom. The number of aliphatic hydroxyl groups is 3. The van der Waals surface area contributed by atoms with Crippen molar-refractivity contribution in [3.63, 3.8) is 0 Å². The Labute approximate surface area is 90.9 Å². The van der Waals surface area contributed by atoms with E-state index in [9.17, 15) is 20.3 Å². The minimum atomic E-state index is -1.35. The normalized spacial score (nSPS) is 14.4. The van der Waals surface area contributed by atoms with E-state index >= 15 is 0 Å². The molecule has 7 heteroatoms. The average molecular weight is 228 g/mol. The van der Waals surface area contributed by atoms with Crippen molar-refractivity contribution in [2.24, 2.45) is 0 Å². The lowest BCUT2D eigenvalue weighted by Crippen LogP contribution is -2.22. The third-order valence-corrected chi connectivity index (χ3v) is 2.14. The van der Waals surface area contributed by atoms with Crippen LogP contribution in [0.5, 0.6) is 0 Å². The molecule has 1 aromatic rings. The maximum Gasteiger partial charge on any atom is 0.292 e. The van der Waals surface area contributed by atoms with E-state index in [1.807, 2.05) is 0 Å². The smallest absolute Gasteiger partial charge is 0.292 e. The fourth-order valence-corrected chi connectivity index (χ4v) is 1.25. The van der Waals surface area contributed by atoms with E-state index in [4.69, 9.17) is 10.8 Å². The third-order valence-electron chi connectivity index (χ3n) is 2.14. The molecule has 0 bridgehead atoms. The van der Waals surface area contributed by atoms with E-state index in [1.54, 1.807) is 0 Å². The summed E-state index contributed by atoms with van der Waals surface area (Å²) in [5, 5.41) is 37.8. The van der Waals surface area contributed by atoms with Gasteiger partial charge >= 0.3 is 0 Å². The molecule has 0 aliphatic heterocycles. The number of nitro benzene ring substituents is 1. The van der Waals surface area contributed by atoms with Gasteiger partial charge in [0, 0.05) is 6.07 Å². The molecule has 16 heavy (non-hydrogen) atoms. The minimum Gasteiger partial charge on any atom is -0.394 e.